The predicted octanol–water partition coefficient (Wildman–Crippen LogP) is 3.49. The van der Waals surface area contributed by atoms with Crippen molar-refractivity contribution in [1.82, 2.24) is 10.2 Å². The lowest BCUT2D eigenvalue weighted by molar-refractivity contribution is 0.300. The van der Waals surface area contributed by atoms with Gasteiger partial charge in [-0.25, -0.2) is 0 Å². The molecule has 1 aromatic carbocycles. The Balaban J connectivity index is 2.61. The molecule has 1 N–H and O–H groups in total. The van der Waals surface area contributed by atoms with Crippen LogP contribution in [0.3, 0.4) is 0 Å². The molecule has 0 aliphatic carbocycles. The summed E-state index contributed by atoms with van der Waals surface area (Å²) >= 11 is 11.9. The maximum absolute atomic E-state index is 9.23. The lowest BCUT2D eigenvalue weighted by atomic mass is 10.1. The van der Waals surface area contributed by atoms with Gasteiger partial charge in [-0.1, -0.05) is 37.0 Å². The molecule has 104 valence electrons. The fourth-order valence-electron chi connectivity index (χ4n) is 1.89. The van der Waals surface area contributed by atoms with Gasteiger partial charge in [0.05, 0.1) is 6.07 Å². The summed E-state index contributed by atoms with van der Waals surface area (Å²) in [6, 6.07) is 7.06. The van der Waals surface area contributed by atoms with Crippen molar-refractivity contribution >= 4 is 23.2 Å². The van der Waals surface area contributed by atoms with Crippen LogP contribution in [0.15, 0.2) is 18.2 Å². The van der Waals surface area contributed by atoms with Crippen LogP contribution in [0.1, 0.15) is 25.5 Å². The van der Waals surface area contributed by atoms with Gasteiger partial charge in [-0.15, -0.1) is 0 Å². The molecule has 0 aromatic heterocycles. The molecule has 0 radical (unpaired) electrons. The largest absolute Gasteiger partial charge is 0.303 e. The standard InChI is InChI=1S/C14H19Cl2N3/c1-3-19(4-2)6-5-18-14(10-17)11-7-12(15)9-13(16)8-11/h7-9,14,18H,3-6H2,1-2H3. The summed E-state index contributed by atoms with van der Waals surface area (Å²) in [5.74, 6) is 0. The van der Waals surface area contributed by atoms with E-state index in [2.05, 4.69) is 30.1 Å². The van der Waals surface area contributed by atoms with E-state index < -0.39 is 0 Å². The highest BCUT2D eigenvalue weighted by atomic mass is 35.5. The summed E-state index contributed by atoms with van der Waals surface area (Å²) in [4.78, 5) is 2.30. The molecule has 0 spiro atoms. The third kappa shape index (κ3) is 5.38. The topological polar surface area (TPSA) is 39.1 Å². The average Bonchev–Trinajstić information content (AvgIpc) is 2.38. The van der Waals surface area contributed by atoms with E-state index in [9.17, 15) is 5.26 Å². The van der Waals surface area contributed by atoms with Crippen LogP contribution in [-0.2, 0) is 0 Å². The second-order valence-corrected chi connectivity index (χ2v) is 5.12. The molecule has 5 heteroatoms. The van der Waals surface area contributed by atoms with Crippen LogP contribution in [0, 0.1) is 11.3 Å². The fourth-order valence-corrected chi connectivity index (χ4v) is 2.43. The van der Waals surface area contributed by atoms with Crippen molar-refractivity contribution in [2.75, 3.05) is 26.2 Å². The van der Waals surface area contributed by atoms with Crippen molar-refractivity contribution in [2.45, 2.75) is 19.9 Å². The predicted molar refractivity (Wildman–Crippen MR) is 80.6 cm³/mol. The maximum Gasteiger partial charge on any atom is 0.121 e. The Morgan fingerprint density at radius 2 is 1.79 bits per heavy atom. The molecule has 0 amide bonds. The number of likely N-dealkylation sites (N-methyl/N-ethyl adjacent to an activating group) is 1. The second-order valence-electron chi connectivity index (χ2n) is 4.25. The number of nitrogens with one attached hydrogen (secondary N) is 1. The average molecular weight is 300 g/mol. The highest BCUT2D eigenvalue weighted by Gasteiger charge is 2.11. The zero-order valence-corrected chi connectivity index (χ0v) is 12.8. The smallest absolute Gasteiger partial charge is 0.121 e. The number of rotatable bonds is 7. The minimum Gasteiger partial charge on any atom is -0.303 e. The summed E-state index contributed by atoms with van der Waals surface area (Å²) in [5, 5.41) is 13.5. The number of nitriles is 1. The van der Waals surface area contributed by atoms with Crippen LogP contribution in [-0.4, -0.2) is 31.1 Å². The molecule has 0 saturated heterocycles. The van der Waals surface area contributed by atoms with Gasteiger partial charge in [0, 0.05) is 23.1 Å². The molecule has 1 unspecified atom stereocenters. The zero-order valence-electron chi connectivity index (χ0n) is 11.3. The second kappa shape index (κ2) is 8.39. The van der Waals surface area contributed by atoms with E-state index in [-0.39, 0.29) is 6.04 Å². The molecular formula is C14H19Cl2N3. The third-order valence-corrected chi connectivity index (χ3v) is 3.45. The first-order chi connectivity index (χ1) is 9.10. The lowest BCUT2D eigenvalue weighted by Gasteiger charge is -2.19. The summed E-state index contributed by atoms with van der Waals surface area (Å²) in [6.07, 6.45) is 0. The number of nitrogens with zero attached hydrogens (tertiary/aromatic N) is 2. The monoisotopic (exact) mass is 299 g/mol. The van der Waals surface area contributed by atoms with E-state index in [0.29, 0.717) is 10.0 Å². The van der Waals surface area contributed by atoms with Gasteiger partial charge in [0.2, 0.25) is 0 Å². The Labute approximate surface area is 125 Å². The normalized spacial score (nSPS) is 12.4. The number of hydrogen-bond donors (Lipinski definition) is 1. The van der Waals surface area contributed by atoms with Crippen molar-refractivity contribution in [3.05, 3.63) is 33.8 Å². The van der Waals surface area contributed by atoms with Gasteiger partial charge >= 0.3 is 0 Å². The van der Waals surface area contributed by atoms with Crippen molar-refractivity contribution in [3.8, 4) is 6.07 Å². The molecule has 0 saturated carbocycles. The summed E-state index contributed by atoms with van der Waals surface area (Å²) in [7, 11) is 0. The van der Waals surface area contributed by atoms with Crippen LogP contribution in [0.4, 0.5) is 0 Å². The Bertz CT molecular complexity index is 419. The Kier molecular flexibility index (Phi) is 7.19. The van der Waals surface area contributed by atoms with E-state index in [1.54, 1.807) is 18.2 Å². The van der Waals surface area contributed by atoms with E-state index in [4.69, 9.17) is 23.2 Å². The highest BCUT2D eigenvalue weighted by Crippen LogP contribution is 2.23. The molecule has 1 atom stereocenters. The highest BCUT2D eigenvalue weighted by molar-refractivity contribution is 6.34. The maximum atomic E-state index is 9.23. The fraction of sp³-hybridized carbons (Fsp3) is 0.500. The number of benzene rings is 1. The molecule has 0 aliphatic rings. The van der Waals surface area contributed by atoms with Crippen molar-refractivity contribution in [3.63, 3.8) is 0 Å². The van der Waals surface area contributed by atoms with Crippen LogP contribution in [0.5, 0.6) is 0 Å². The molecular weight excluding hydrogens is 281 g/mol. The van der Waals surface area contributed by atoms with E-state index in [1.165, 1.54) is 0 Å². The van der Waals surface area contributed by atoms with Crippen LogP contribution < -0.4 is 5.32 Å². The van der Waals surface area contributed by atoms with Gasteiger partial charge in [0.1, 0.15) is 6.04 Å². The van der Waals surface area contributed by atoms with Crippen molar-refractivity contribution < 1.29 is 0 Å². The number of halogens is 2. The van der Waals surface area contributed by atoms with Gasteiger partial charge in [0.25, 0.3) is 0 Å². The molecule has 3 nitrogen and oxygen atoms in total. The van der Waals surface area contributed by atoms with Crippen LogP contribution in [0.25, 0.3) is 0 Å². The first-order valence-electron chi connectivity index (χ1n) is 6.42. The molecule has 0 aliphatic heterocycles. The molecule has 1 rings (SSSR count). The van der Waals surface area contributed by atoms with Gasteiger partial charge in [0.15, 0.2) is 0 Å². The molecule has 1 aromatic rings. The van der Waals surface area contributed by atoms with Gasteiger partial charge < -0.3 is 4.90 Å². The van der Waals surface area contributed by atoms with Gasteiger partial charge in [-0.3, -0.25) is 5.32 Å². The van der Waals surface area contributed by atoms with E-state index in [0.717, 1.165) is 31.7 Å². The van der Waals surface area contributed by atoms with E-state index >= 15 is 0 Å². The quantitative estimate of drug-likeness (QED) is 0.838. The van der Waals surface area contributed by atoms with Crippen LogP contribution in [0.2, 0.25) is 10.0 Å². The Morgan fingerprint density at radius 1 is 1.21 bits per heavy atom. The summed E-state index contributed by atoms with van der Waals surface area (Å²) < 4.78 is 0. The number of hydrogen-bond acceptors (Lipinski definition) is 3. The SMILES string of the molecule is CCN(CC)CCNC(C#N)c1cc(Cl)cc(Cl)c1. The van der Waals surface area contributed by atoms with E-state index in [1.807, 2.05) is 0 Å². The Morgan fingerprint density at radius 3 is 2.26 bits per heavy atom. The summed E-state index contributed by atoms with van der Waals surface area (Å²) in [5.41, 5.74) is 0.805. The molecule has 0 fully saturated rings. The lowest BCUT2D eigenvalue weighted by Crippen LogP contribution is -2.33. The molecule has 0 heterocycles. The van der Waals surface area contributed by atoms with Crippen LogP contribution >= 0.6 is 23.2 Å². The first kappa shape index (κ1) is 16.3. The van der Waals surface area contributed by atoms with Gasteiger partial charge in [-0.05, 0) is 36.9 Å². The molecule has 19 heavy (non-hydrogen) atoms. The Hall–Kier alpha value is -0.790. The minimum atomic E-state index is -0.383. The van der Waals surface area contributed by atoms with Crippen molar-refractivity contribution in [1.29, 1.82) is 5.26 Å². The van der Waals surface area contributed by atoms with Gasteiger partial charge in [-0.2, -0.15) is 5.26 Å². The third-order valence-electron chi connectivity index (χ3n) is 3.02. The minimum absolute atomic E-state index is 0.383. The zero-order chi connectivity index (χ0) is 14.3. The molecule has 0 bridgehead atoms. The summed E-state index contributed by atoms with van der Waals surface area (Å²) in [6.45, 7) is 7.95. The van der Waals surface area contributed by atoms with Crippen molar-refractivity contribution in [2.24, 2.45) is 0 Å². The first-order valence-corrected chi connectivity index (χ1v) is 7.17.